The molecule has 0 spiro atoms. The van der Waals surface area contributed by atoms with E-state index in [0.717, 1.165) is 0 Å². The van der Waals surface area contributed by atoms with Crippen LogP contribution in [0.3, 0.4) is 0 Å². The summed E-state index contributed by atoms with van der Waals surface area (Å²) in [5, 5.41) is 9.18. The van der Waals surface area contributed by atoms with Gasteiger partial charge in [-0.25, -0.2) is 4.39 Å². The quantitative estimate of drug-likeness (QED) is 0.835. The van der Waals surface area contributed by atoms with Crippen LogP contribution in [-0.2, 0) is 11.2 Å². The van der Waals surface area contributed by atoms with E-state index in [1.807, 2.05) is 0 Å². The number of aliphatic carboxylic acids is 1. The van der Waals surface area contributed by atoms with Crippen LogP contribution >= 0.6 is 11.6 Å². The third-order valence-corrected chi connectivity index (χ3v) is 2.73. The van der Waals surface area contributed by atoms with Gasteiger partial charge in [0.25, 0.3) is 0 Å². The molecule has 0 radical (unpaired) electrons. The minimum absolute atomic E-state index is 0.0675. The van der Waals surface area contributed by atoms with Crippen molar-refractivity contribution < 1.29 is 14.3 Å². The van der Waals surface area contributed by atoms with Crippen LogP contribution in [0.5, 0.6) is 0 Å². The molecule has 1 unspecified atom stereocenters. The molecule has 0 heterocycles. The highest BCUT2D eigenvalue weighted by molar-refractivity contribution is 6.31. The Hall–Kier alpha value is -1.13. The smallest absolute Gasteiger partial charge is 0.306 e. The third-order valence-electron chi connectivity index (χ3n) is 2.38. The summed E-state index contributed by atoms with van der Waals surface area (Å²) in [5.41, 5.74) is 5.55. The molecule has 1 rings (SSSR count). The van der Waals surface area contributed by atoms with Crippen molar-refractivity contribution >= 4 is 17.6 Å². The zero-order valence-corrected chi connectivity index (χ0v) is 9.38. The van der Waals surface area contributed by atoms with E-state index in [4.69, 9.17) is 22.4 Å². The SMILES string of the molecule is NCCC(Cc1c(F)cccc1Cl)C(=O)O. The first-order valence-electron chi connectivity index (χ1n) is 4.92. The molecule has 3 nitrogen and oxygen atoms in total. The second kappa shape index (κ2) is 5.82. The summed E-state index contributed by atoms with van der Waals surface area (Å²) in [6.07, 6.45) is 0.373. The lowest BCUT2D eigenvalue weighted by molar-refractivity contribution is -0.141. The van der Waals surface area contributed by atoms with Crippen molar-refractivity contribution in [2.24, 2.45) is 11.7 Å². The Bertz CT molecular complexity index is 364. The summed E-state index contributed by atoms with van der Waals surface area (Å²) < 4.78 is 13.4. The predicted octanol–water partition coefficient (Wildman–Crippen LogP) is 2.07. The highest BCUT2D eigenvalue weighted by Gasteiger charge is 2.20. The first kappa shape index (κ1) is 12.9. The van der Waals surface area contributed by atoms with E-state index in [2.05, 4.69) is 0 Å². The van der Waals surface area contributed by atoms with E-state index >= 15 is 0 Å². The van der Waals surface area contributed by atoms with Gasteiger partial charge in [-0.3, -0.25) is 4.79 Å². The molecule has 1 aromatic carbocycles. The Morgan fingerprint density at radius 1 is 1.56 bits per heavy atom. The van der Waals surface area contributed by atoms with E-state index in [9.17, 15) is 9.18 Å². The Morgan fingerprint density at radius 2 is 2.25 bits per heavy atom. The number of rotatable bonds is 5. The van der Waals surface area contributed by atoms with Crippen LogP contribution < -0.4 is 5.73 Å². The van der Waals surface area contributed by atoms with Crippen molar-refractivity contribution in [1.29, 1.82) is 0 Å². The van der Waals surface area contributed by atoms with Crippen LogP contribution in [0.25, 0.3) is 0 Å². The molecule has 0 aliphatic rings. The van der Waals surface area contributed by atoms with E-state index in [0.29, 0.717) is 6.42 Å². The summed E-state index contributed by atoms with van der Waals surface area (Å²) in [6, 6.07) is 4.30. The molecule has 1 atom stereocenters. The Kier molecular flexibility index (Phi) is 4.71. The van der Waals surface area contributed by atoms with Crippen LogP contribution in [0, 0.1) is 11.7 Å². The second-order valence-electron chi connectivity index (χ2n) is 3.52. The van der Waals surface area contributed by atoms with E-state index < -0.39 is 17.7 Å². The van der Waals surface area contributed by atoms with Crippen molar-refractivity contribution in [2.75, 3.05) is 6.54 Å². The fourth-order valence-electron chi connectivity index (χ4n) is 1.49. The number of halogens is 2. The molecule has 0 aliphatic heterocycles. The molecule has 0 saturated heterocycles. The molecule has 3 N–H and O–H groups in total. The number of carboxylic acids is 1. The summed E-state index contributed by atoms with van der Waals surface area (Å²) in [5.74, 6) is -2.15. The Balaban J connectivity index is 2.89. The van der Waals surface area contributed by atoms with Gasteiger partial charge in [-0.15, -0.1) is 0 Å². The molecule has 0 fully saturated rings. The van der Waals surface area contributed by atoms with Gasteiger partial charge < -0.3 is 10.8 Å². The van der Waals surface area contributed by atoms with Gasteiger partial charge in [0.2, 0.25) is 0 Å². The van der Waals surface area contributed by atoms with Gasteiger partial charge in [0.15, 0.2) is 0 Å². The van der Waals surface area contributed by atoms with Crippen LogP contribution in [0.1, 0.15) is 12.0 Å². The lowest BCUT2D eigenvalue weighted by Crippen LogP contribution is -2.20. The minimum atomic E-state index is -0.982. The first-order valence-corrected chi connectivity index (χ1v) is 5.29. The molecular weight excluding hydrogens is 233 g/mol. The number of hydrogen-bond donors (Lipinski definition) is 2. The van der Waals surface area contributed by atoms with Crippen molar-refractivity contribution in [3.8, 4) is 0 Å². The lowest BCUT2D eigenvalue weighted by atomic mass is 9.96. The number of carbonyl (C=O) groups is 1. The maximum atomic E-state index is 13.4. The van der Waals surface area contributed by atoms with E-state index in [-0.39, 0.29) is 23.6 Å². The Morgan fingerprint density at radius 3 is 2.75 bits per heavy atom. The highest BCUT2D eigenvalue weighted by atomic mass is 35.5. The van der Waals surface area contributed by atoms with Crippen molar-refractivity contribution in [3.63, 3.8) is 0 Å². The molecule has 16 heavy (non-hydrogen) atoms. The fourth-order valence-corrected chi connectivity index (χ4v) is 1.73. The average Bonchev–Trinajstić information content (AvgIpc) is 2.21. The highest BCUT2D eigenvalue weighted by Crippen LogP contribution is 2.23. The number of carboxylic acid groups (broad SMARTS) is 1. The maximum Gasteiger partial charge on any atom is 0.306 e. The van der Waals surface area contributed by atoms with E-state index in [1.165, 1.54) is 12.1 Å². The topological polar surface area (TPSA) is 63.3 Å². The molecule has 0 aliphatic carbocycles. The molecule has 0 aromatic heterocycles. The first-order chi connectivity index (χ1) is 7.56. The van der Waals surface area contributed by atoms with E-state index in [1.54, 1.807) is 6.07 Å². The second-order valence-corrected chi connectivity index (χ2v) is 3.92. The van der Waals surface area contributed by atoms with Gasteiger partial charge in [-0.1, -0.05) is 17.7 Å². The van der Waals surface area contributed by atoms with Crippen LogP contribution in [0.15, 0.2) is 18.2 Å². The molecule has 1 aromatic rings. The number of hydrogen-bond acceptors (Lipinski definition) is 2. The summed E-state index contributed by atoms with van der Waals surface area (Å²) >= 11 is 5.81. The van der Waals surface area contributed by atoms with Crippen molar-refractivity contribution in [3.05, 3.63) is 34.6 Å². The minimum Gasteiger partial charge on any atom is -0.481 e. The summed E-state index contributed by atoms with van der Waals surface area (Å²) in [6.45, 7) is 0.253. The normalized spacial score (nSPS) is 12.4. The standard InChI is InChI=1S/C11H13ClFNO2/c12-9-2-1-3-10(13)8(9)6-7(4-5-14)11(15)16/h1-3,7H,4-6,14H2,(H,15,16). The van der Waals surface area contributed by atoms with Crippen LogP contribution in [0.4, 0.5) is 4.39 Å². The zero-order chi connectivity index (χ0) is 12.1. The zero-order valence-electron chi connectivity index (χ0n) is 8.62. The van der Waals surface area contributed by atoms with Gasteiger partial charge in [-0.2, -0.15) is 0 Å². The molecule has 0 amide bonds. The predicted molar refractivity (Wildman–Crippen MR) is 59.9 cm³/mol. The van der Waals surface area contributed by atoms with Crippen molar-refractivity contribution in [2.45, 2.75) is 12.8 Å². The Labute approximate surface area is 98.0 Å². The van der Waals surface area contributed by atoms with Gasteiger partial charge in [-0.05, 0) is 31.5 Å². The molecular formula is C11H13ClFNO2. The average molecular weight is 246 g/mol. The van der Waals surface area contributed by atoms with Gasteiger partial charge in [0.05, 0.1) is 5.92 Å². The lowest BCUT2D eigenvalue weighted by Gasteiger charge is -2.12. The van der Waals surface area contributed by atoms with Crippen molar-refractivity contribution in [1.82, 2.24) is 0 Å². The largest absolute Gasteiger partial charge is 0.481 e. The maximum absolute atomic E-state index is 13.4. The molecule has 88 valence electrons. The number of nitrogens with two attached hydrogens (primary N) is 1. The molecule has 0 bridgehead atoms. The van der Waals surface area contributed by atoms with Gasteiger partial charge >= 0.3 is 5.97 Å². The van der Waals surface area contributed by atoms with Gasteiger partial charge in [0, 0.05) is 10.6 Å². The number of benzene rings is 1. The van der Waals surface area contributed by atoms with Gasteiger partial charge in [0.1, 0.15) is 5.82 Å². The molecule has 0 saturated carbocycles. The van der Waals surface area contributed by atoms with Crippen LogP contribution in [-0.4, -0.2) is 17.6 Å². The monoisotopic (exact) mass is 245 g/mol. The third kappa shape index (κ3) is 3.18. The molecule has 5 heteroatoms. The fraction of sp³-hybridized carbons (Fsp3) is 0.364. The van der Waals surface area contributed by atoms with Crippen LogP contribution in [0.2, 0.25) is 5.02 Å². The summed E-state index contributed by atoms with van der Waals surface area (Å²) in [4.78, 5) is 10.9. The summed E-state index contributed by atoms with van der Waals surface area (Å²) in [7, 11) is 0.